The third-order valence-corrected chi connectivity index (χ3v) is 1.80. The van der Waals surface area contributed by atoms with Crippen molar-refractivity contribution < 1.29 is 9.66 Å². The van der Waals surface area contributed by atoms with E-state index in [4.69, 9.17) is 4.74 Å². The van der Waals surface area contributed by atoms with E-state index < -0.39 is 4.92 Å². The maximum atomic E-state index is 10.7. The van der Waals surface area contributed by atoms with Gasteiger partial charge >= 0.3 is 5.69 Å². The minimum atomic E-state index is -0.459. The lowest BCUT2D eigenvalue weighted by Crippen LogP contribution is -1.96. The van der Waals surface area contributed by atoms with E-state index in [1.165, 1.54) is 12.3 Å². The SMILES string of the molecule is C=COc1c(C)cc(C)cc1[N+](=O)[O-]. The molecule has 1 rings (SSSR count). The van der Waals surface area contributed by atoms with Crippen molar-refractivity contribution in [1.82, 2.24) is 0 Å². The maximum Gasteiger partial charge on any atom is 0.312 e. The molecule has 0 unspecified atom stereocenters. The second kappa shape index (κ2) is 3.91. The van der Waals surface area contributed by atoms with Gasteiger partial charge in [0.2, 0.25) is 5.75 Å². The Labute approximate surface area is 82.0 Å². The summed E-state index contributed by atoms with van der Waals surface area (Å²) in [5.41, 5.74) is 1.55. The van der Waals surface area contributed by atoms with Gasteiger partial charge in [0, 0.05) is 6.07 Å². The van der Waals surface area contributed by atoms with Crippen LogP contribution in [0.15, 0.2) is 25.0 Å². The zero-order valence-corrected chi connectivity index (χ0v) is 8.11. The summed E-state index contributed by atoms with van der Waals surface area (Å²) in [4.78, 5) is 10.2. The van der Waals surface area contributed by atoms with Crippen LogP contribution in [0.1, 0.15) is 11.1 Å². The molecule has 4 heteroatoms. The van der Waals surface area contributed by atoms with Crippen molar-refractivity contribution in [1.29, 1.82) is 0 Å². The number of benzene rings is 1. The molecular weight excluding hydrogens is 182 g/mol. The smallest absolute Gasteiger partial charge is 0.312 e. The van der Waals surface area contributed by atoms with Crippen LogP contribution in [0.2, 0.25) is 0 Å². The number of ether oxygens (including phenoxy) is 1. The summed E-state index contributed by atoms with van der Waals surface area (Å²) in [6.07, 6.45) is 1.19. The summed E-state index contributed by atoms with van der Waals surface area (Å²) in [6, 6.07) is 3.30. The van der Waals surface area contributed by atoms with Gasteiger partial charge in [-0.25, -0.2) is 0 Å². The van der Waals surface area contributed by atoms with Crippen molar-refractivity contribution in [2.24, 2.45) is 0 Å². The van der Waals surface area contributed by atoms with Crippen molar-refractivity contribution in [2.45, 2.75) is 13.8 Å². The lowest BCUT2D eigenvalue weighted by atomic mass is 10.1. The highest BCUT2D eigenvalue weighted by Crippen LogP contribution is 2.31. The van der Waals surface area contributed by atoms with Gasteiger partial charge < -0.3 is 4.74 Å². The van der Waals surface area contributed by atoms with Crippen molar-refractivity contribution in [3.05, 3.63) is 46.2 Å². The summed E-state index contributed by atoms with van der Waals surface area (Å²) in [7, 11) is 0. The number of hydrogen-bond acceptors (Lipinski definition) is 3. The first-order chi connectivity index (χ1) is 6.56. The van der Waals surface area contributed by atoms with Crippen LogP contribution in [0.3, 0.4) is 0 Å². The first-order valence-electron chi connectivity index (χ1n) is 4.09. The molecule has 0 saturated carbocycles. The van der Waals surface area contributed by atoms with Gasteiger partial charge in [0.25, 0.3) is 0 Å². The van der Waals surface area contributed by atoms with E-state index in [1.54, 1.807) is 13.8 Å². The van der Waals surface area contributed by atoms with Crippen LogP contribution in [0.5, 0.6) is 5.75 Å². The molecule has 0 aliphatic heterocycles. The second-order valence-electron chi connectivity index (χ2n) is 2.97. The first kappa shape index (κ1) is 10.2. The van der Waals surface area contributed by atoms with Crippen LogP contribution in [-0.4, -0.2) is 4.92 Å². The van der Waals surface area contributed by atoms with Crippen molar-refractivity contribution in [3.8, 4) is 5.75 Å². The molecule has 0 N–H and O–H groups in total. The fourth-order valence-corrected chi connectivity index (χ4v) is 1.30. The summed E-state index contributed by atoms with van der Waals surface area (Å²) in [5.74, 6) is 0.260. The number of hydrogen-bond donors (Lipinski definition) is 0. The third kappa shape index (κ3) is 1.90. The van der Waals surface area contributed by atoms with Crippen LogP contribution in [-0.2, 0) is 0 Å². The Hall–Kier alpha value is -1.84. The fraction of sp³-hybridized carbons (Fsp3) is 0.200. The standard InChI is InChI=1S/C10H11NO3/c1-4-14-10-8(3)5-7(2)6-9(10)11(12)13/h4-6H,1H2,2-3H3. The molecule has 0 bridgehead atoms. The quantitative estimate of drug-likeness (QED) is 0.421. The highest BCUT2D eigenvalue weighted by Gasteiger charge is 2.17. The van der Waals surface area contributed by atoms with Crippen molar-refractivity contribution in [2.75, 3.05) is 0 Å². The van der Waals surface area contributed by atoms with Crippen molar-refractivity contribution >= 4 is 5.69 Å². The van der Waals surface area contributed by atoms with Crippen LogP contribution >= 0.6 is 0 Å². The van der Waals surface area contributed by atoms with E-state index >= 15 is 0 Å². The maximum absolute atomic E-state index is 10.7. The first-order valence-corrected chi connectivity index (χ1v) is 4.09. The number of nitro groups is 1. The molecule has 0 aliphatic carbocycles. The minimum absolute atomic E-state index is 0.0256. The lowest BCUT2D eigenvalue weighted by Gasteiger charge is -2.06. The Morgan fingerprint density at radius 3 is 2.64 bits per heavy atom. The normalized spacial score (nSPS) is 9.57. The average molecular weight is 193 g/mol. The van der Waals surface area contributed by atoms with E-state index in [0.29, 0.717) is 0 Å². The zero-order valence-electron chi connectivity index (χ0n) is 8.11. The molecule has 0 spiro atoms. The molecule has 0 amide bonds. The van der Waals surface area contributed by atoms with Gasteiger partial charge in [-0.15, -0.1) is 0 Å². The largest absolute Gasteiger partial charge is 0.458 e. The summed E-state index contributed by atoms with van der Waals surface area (Å²) in [6.45, 7) is 6.94. The minimum Gasteiger partial charge on any atom is -0.458 e. The predicted octanol–water partition coefficient (Wildman–Crippen LogP) is 2.73. The Bertz CT molecular complexity index is 385. The molecule has 74 valence electrons. The molecule has 1 aromatic rings. The van der Waals surface area contributed by atoms with E-state index in [-0.39, 0.29) is 11.4 Å². The summed E-state index contributed by atoms with van der Waals surface area (Å²) < 4.78 is 5.01. The molecule has 0 fully saturated rings. The molecule has 0 aliphatic rings. The van der Waals surface area contributed by atoms with E-state index in [0.717, 1.165) is 11.1 Å². The molecule has 0 heterocycles. The molecule has 14 heavy (non-hydrogen) atoms. The lowest BCUT2D eigenvalue weighted by molar-refractivity contribution is -0.385. The highest BCUT2D eigenvalue weighted by molar-refractivity contribution is 5.53. The molecule has 1 aromatic carbocycles. The number of nitrogens with zero attached hydrogens (tertiary/aromatic N) is 1. The molecule has 0 atom stereocenters. The Balaban J connectivity index is 3.35. The number of aryl methyl sites for hydroxylation is 2. The van der Waals surface area contributed by atoms with Gasteiger partial charge in [0.05, 0.1) is 11.2 Å². The van der Waals surface area contributed by atoms with Gasteiger partial charge in [0.1, 0.15) is 0 Å². The Kier molecular flexibility index (Phi) is 2.86. The van der Waals surface area contributed by atoms with Gasteiger partial charge in [-0.2, -0.15) is 0 Å². The summed E-state index contributed by atoms with van der Waals surface area (Å²) >= 11 is 0. The van der Waals surface area contributed by atoms with Gasteiger partial charge in [0.15, 0.2) is 0 Å². The second-order valence-corrected chi connectivity index (χ2v) is 2.97. The fourth-order valence-electron chi connectivity index (χ4n) is 1.30. The molecule has 0 saturated heterocycles. The average Bonchev–Trinajstić information content (AvgIpc) is 2.09. The van der Waals surface area contributed by atoms with Gasteiger partial charge in [-0.1, -0.05) is 12.6 Å². The number of rotatable bonds is 3. The van der Waals surface area contributed by atoms with Crippen LogP contribution < -0.4 is 4.74 Å². The monoisotopic (exact) mass is 193 g/mol. The molecule has 0 radical (unpaired) electrons. The van der Waals surface area contributed by atoms with Gasteiger partial charge in [-0.3, -0.25) is 10.1 Å². The Morgan fingerprint density at radius 2 is 2.14 bits per heavy atom. The van der Waals surface area contributed by atoms with E-state index in [2.05, 4.69) is 6.58 Å². The molecule has 0 aromatic heterocycles. The highest BCUT2D eigenvalue weighted by atomic mass is 16.6. The van der Waals surface area contributed by atoms with Crippen LogP contribution in [0.25, 0.3) is 0 Å². The summed E-state index contributed by atoms with van der Waals surface area (Å²) in [5, 5.41) is 10.7. The van der Waals surface area contributed by atoms with Crippen LogP contribution in [0, 0.1) is 24.0 Å². The van der Waals surface area contributed by atoms with Gasteiger partial charge in [-0.05, 0) is 25.0 Å². The predicted molar refractivity (Wildman–Crippen MR) is 53.4 cm³/mol. The Morgan fingerprint density at radius 1 is 1.50 bits per heavy atom. The van der Waals surface area contributed by atoms with E-state index in [9.17, 15) is 10.1 Å². The number of nitro benzene ring substituents is 1. The zero-order chi connectivity index (χ0) is 10.7. The molecular formula is C10H11NO3. The topological polar surface area (TPSA) is 52.4 Å². The van der Waals surface area contributed by atoms with Crippen molar-refractivity contribution in [3.63, 3.8) is 0 Å². The van der Waals surface area contributed by atoms with E-state index in [1.807, 2.05) is 6.07 Å². The molecule has 4 nitrogen and oxygen atoms in total. The van der Waals surface area contributed by atoms with Crippen LogP contribution in [0.4, 0.5) is 5.69 Å². The third-order valence-electron chi connectivity index (χ3n) is 1.80.